The Hall–Kier alpha value is -1.95. The Morgan fingerprint density at radius 3 is 2.57 bits per heavy atom. The van der Waals surface area contributed by atoms with E-state index in [0.29, 0.717) is 19.0 Å². The number of hydrogen-bond donors (Lipinski definition) is 2. The maximum atomic E-state index is 13.9. The Morgan fingerprint density at radius 1 is 1.22 bits per heavy atom. The molecule has 6 heteroatoms. The fourth-order valence-corrected chi connectivity index (χ4v) is 3.41. The summed E-state index contributed by atoms with van der Waals surface area (Å²) in [5.41, 5.74) is 5.47. The van der Waals surface area contributed by atoms with Gasteiger partial charge in [-0.2, -0.15) is 0 Å². The molecular formula is C17H19F2N3S. The summed E-state index contributed by atoms with van der Waals surface area (Å²) >= 11 is 1.70. The molecule has 0 atom stereocenters. The highest BCUT2D eigenvalue weighted by Crippen LogP contribution is 2.50. The summed E-state index contributed by atoms with van der Waals surface area (Å²) in [6.45, 7) is 1.000. The fraction of sp³-hybridized carbons (Fsp3) is 0.353. The largest absolute Gasteiger partial charge is 0.370 e. The molecular weight excluding hydrogens is 316 g/mol. The van der Waals surface area contributed by atoms with Crippen molar-refractivity contribution < 1.29 is 8.78 Å². The van der Waals surface area contributed by atoms with Crippen molar-refractivity contribution in [3.05, 3.63) is 57.8 Å². The summed E-state index contributed by atoms with van der Waals surface area (Å²) in [7, 11) is 0. The van der Waals surface area contributed by atoms with Crippen molar-refractivity contribution in [1.82, 2.24) is 5.32 Å². The zero-order valence-corrected chi connectivity index (χ0v) is 13.5. The SMILES string of the molecule is NC(=NCC1(c2c(F)cccc2F)CC1)NCCc1cccs1. The highest BCUT2D eigenvalue weighted by molar-refractivity contribution is 7.09. The van der Waals surface area contributed by atoms with Crippen molar-refractivity contribution in [2.45, 2.75) is 24.7 Å². The van der Waals surface area contributed by atoms with E-state index >= 15 is 0 Å². The first-order chi connectivity index (χ1) is 11.1. The molecule has 1 fully saturated rings. The molecule has 122 valence electrons. The summed E-state index contributed by atoms with van der Waals surface area (Å²) in [4.78, 5) is 5.56. The summed E-state index contributed by atoms with van der Waals surface area (Å²) in [6.07, 6.45) is 2.34. The number of rotatable bonds is 6. The number of hydrogen-bond acceptors (Lipinski definition) is 2. The Morgan fingerprint density at radius 2 is 1.96 bits per heavy atom. The van der Waals surface area contributed by atoms with E-state index in [1.807, 2.05) is 11.4 Å². The van der Waals surface area contributed by atoms with Gasteiger partial charge < -0.3 is 11.1 Å². The molecule has 1 aromatic heterocycles. The Kier molecular flexibility index (Phi) is 4.61. The van der Waals surface area contributed by atoms with Crippen LogP contribution in [0.3, 0.4) is 0 Å². The lowest BCUT2D eigenvalue weighted by molar-refractivity contribution is 0.517. The van der Waals surface area contributed by atoms with Gasteiger partial charge in [-0.1, -0.05) is 12.1 Å². The van der Waals surface area contributed by atoms with Crippen LogP contribution in [0.25, 0.3) is 0 Å². The molecule has 2 aromatic rings. The van der Waals surface area contributed by atoms with Crippen LogP contribution in [0.5, 0.6) is 0 Å². The van der Waals surface area contributed by atoms with E-state index < -0.39 is 17.0 Å². The van der Waals surface area contributed by atoms with Crippen molar-refractivity contribution >= 4 is 17.3 Å². The van der Waals surface area contributed by atoms with Gasteiger partial charge in [0.05, 0.1) is 6.54 Å². The average molecular weight is 335 g/mol. The van der Waals surface area contributed by atoms with Crippen molar-refractivity contribution in [3.8, 4) is 0 Å². The van der Waals surface area contributed by atoms with E-state index in [1.165, 1.54) is 23.1 Å². The quantitative estimate of drug-likeness (QED) is 0.629. The number of halogens is 2. The van der Waals surface area contributed by atoms with Crippen LogP contribution in [0.15, 0.2) is 40.7 Å². The first-order valence-electron chi connectivity index (χ1n) is 7.61. The molecule has 0 saturated heterocycles. The third kappa shape index (κ3) is 3.69. The zero-order chi connectivity index (χ0) is 16.3. The minimum atomic E-state index is -0.532. The second-order valence-electron chi connectivity index (χ2n) is 5.83. The molecule has 3 nitrogen and oxygen atoms in total. The number of thiophene rings is 1. The van der Waals surface area contributed by atoms with Gasteiger partial charge in [-0.3, -0.25) is 4.99 Å². The van der Waals surface area contributed by atoms with Crippen molar-refractivity contribution in [3.63, 3.8) is 0 Å². The molecule has 23 heavy (non-hydrogen) atoms. The van der Waals surface area contributed by atoms with E-state index in [9.17, 15) is 8.78 Å². The zero-order valence-electron chi connectivity index (χ0n) is 12.7. The molecule has 0 spiro atoms. The molecule has 0 radical (unpaired) electrons. The second-order valence-corrected chi connectivity index (χ2v) is 6.87. The van der Waals surface area contributed by atoms with Gasteiger partial charge in [0.15, 0.2) is 5.96 Å². The Labute approximate surface area is 138 Å². The monoisotopic (exact) mass is 335 g/mol. The lowest BCUT2D eigenvalue weighted by Gasteiger charge is -2.15. The van der Waals surface area contributed by atoms with E-state index in [-0.39, 0.29) is 5.56 Å². The number of nitrogens with two attached hydrogens (primary N) is 1. The van der Waals surface area contributed by atoms with Gasteiger partial charge in [-0.25, -0.2) is 8.78 Å². The average Bonchev–Trinajstić information content (AvgIpc) is 3.11. The molecule has 1 saturated carbocycles. The van der Waals surface area contributed by atoms with E-state index in [1.54, 1.807) is 11.3 Å². The standard InChI is InChI=1S/C17H19F2N3S/c18-13-4-1-5-14(19)15(13)17(7-8-17)11-22-16(20)21-9-6-12-3-2-10-23-12/h1-5,10H,6-9,11H2,(H3,20,21,22). The first-order valence-corrected chi connectivity index (χ1v) is 8.49. The van der Waals surface area contributed by atoms with Crippen LogP contribution in [0, 0.1) is 11.6 Å². The van der Waals surface area contributed by atoms with Gasteiger partial charge in [0.1, 0.15) is 11.6 Å². The topological polar surface area (TPSA) is 50.4 Å². The van der Waals surface area contributed by atoms with Crippen molar-refractivity contribution in [2.24, 2.45) is 10.7 Å². The minimum absolute atomic E-state index is 0.148. The van der Waals surface area contributed by atoms with Crippen molar-refractivity contribution in [2.75, 3.05) is 13.1 Å². The molecule has 1 aliphatic carbocycles. The lowest BCUT2D eigenvalue weighted by Crippen LogP contribution is -2.34. The molecule has 1 aliphatic rings. The predicted octanol–water partition coefficient (Wildman–Crippen LogP) is 3.20. The molecule has 3 N–H and O–H groups in total. The minimum Gasteiger partial charge on any atom is -0.370 e. The molecule has 0 amide bonds. The smallest absolute Gasteiger partial charge is 0.188 e. The van der Waals surface area contributed by atoms with Gasteiger partial charge in [-0.15, -0.1) is 11.3 Å². The lowest BCUT2D eigenvalue weighted by atomic mass is 9.95. The highest BCUT2D eigenvalue weighted by Gasteiger charge is 2.47. The highest BCUT2D eigenvalue weighted by atomic mass is 32.1. The number of nitrogens with one attached hydrogen (secondary N) is 1. The van der Waals surface area contributed by atoms with Crippen LogP contribution in [0.4, 0.5) is 8.78 Å². The third-order valence-corrected chi connectivity index (χ3v) is 5.09. The van der Waals surface area contributed by atoms with Gasteiger partial charge in [0.25, 0.3) is 0 Å². The normalized spacial score (nSPS) is 16.3. The van der Waals surface area contributed by atoms with Gasteiger partial charge in [0.2, 0.25) is 0 Å². The molecule has 0 unspecified atom stereocenters. The summed E-state index contributed by atoms with van der Waals surface area (Å²) in [6, 6.07) is 8.06. The molecule has 1 aromatic carbocycles. The Balaban J connectivity index is 1.58. The fourth-order valence-electron chi connectivity index (χ4n) is 2.70. The van der Waals surface area contributed by atoms with Crippen LogP contribution in [-0.4, -0.2) is 19.0 Å². The van der Waals surface area contributed by atoms with Gasteiger partial charge >= 0.3 is 0 Å². The maximum absolute atomic E-state index is 13.9. The van der Waals surface area contributed by atoms with E-state index in [4.69, 9.17) is 5.73 Å². The number of nitrogens with zero attached hydrogens (tertiary/aromatic N) is 1. The number of guanidine groups is 1. The van der Waals surface area contributed by atoms with Crippen molar-refractivity contribution in [1.29, 1.82) is 0 Å². The van der Waals surface area contributed by atoms with Gasteiger partial charge in [-0.05, 0) is 42.8 Å². The van der Waals surface area contributed by atoms with Crippen LogP contribution < -0.4 is 11.1 Å². The molecule has 0 bridgehead atoms. The summed E-state index contributed by atoms with van der Waals surface area (Å²) < 4.78 is 27.9. The third-order valence-electron chi connectivity index (χ3n) is 4.16. The van der Waals surface area contributed by atoms with Crippen LogP contribution >= 0.6 is 11.3 Å². The van der Waals surface area contributed by atoms with E-state index in [0.717, 1.165) is 19.3 Å². The predicted molar refractivity (Wildman–Crippen MR) is 89.8 cm³/mol. The summed E-state index contributed by atoms with van der Waals surface area (Å²) in [5.74, 6) is -0.673. The molecule has 0 aliphatic heterocycles. The number of benzene rings is 1. The van der Waals surface area contributed by atoms with Crippen LogP contribution in [0.2, 0.25) is 0 Å². The first kappa shape index (κ1) is 15.9. The Bertz CT molecular complexity index is 674. The summed E-state index contributed by atoms with van der Waals surface area (Å²) in [5, 5.41) is 5.08. The second kappa shape index (κ2) is 6.66. The van der Waals surface area contributed by atoms with Crippen LogP contribution in [0.1, 0.15) is 23.3 Å². The molecule has 3 rings (SSSR count). The maximum Gasteiger partial charge on any atom is 0.188 e. The van der Waals surface area contributed by atoms with Gasteiger partial charge in [0, 0.05) is 22.4 Å². The van der Waals surface area contributed by atoms with E-state index in [2.05, 4.69) is 16.4 Å². The van der Waals surface area contributed by atoms with Crippen LogP contribution in [-0.2, 0) is 11.8 Å². The number of aliphatic imine (C=N–C) groups is 1. The molecule has 1 heterocycles.